The van der Waals surface area contributed by atoms with E-state index in [1.807, 2.05) is 12.1 Å². The molecular formula is C14H20N4O2. The number of fused-ring (bicyclic) bond motifs is 1. The first-order valence-corrected chi connectivity index (χ1v) is 6.81. The van der Waals surface area contributed by atoms with Gasteiger partial charge in [0.1, 0.15) is 5.52 Å². The lowest BCUT2D eigenvalue weighted by Gasteiger charge is -2.17. The predicted octanol–water partition coefficient (Wildman–Crippen LogP) is 0.806. The van der Waals surface area contributed by atoms with Gasteiger partial charge in [-0.25, -0.2) is 4.68 Å². The second-order valence-electron chi connectivity index (χ2n) is 4.70. The van der Waals surface area contributed by atoms with Gasteiger partial charge in [0.05, 0.1) is 24.6 Å². The summed E-state index contributed by atoms with van der Waals surface area (Å²) in [5.74, 6) is 0. The first-order chi connectivity index (χ1) is 9.76. The van der Waals surface area contributed by atoms with Crippen molar-refractivity contribution >= 4 is 10.9 Å². The molecule has 1 atom stereocenters. The molecule has 0 fully saturated rings. The number of rotatable bonds is 7. The number of nitrogens with one attached hydrogen (secondary N) is 1. The van der Waals surface area contributed by atoms with Crippen LogP contribution in [-0.2, 0) is 11.3 Å². The molecule has 6 heteroatoms. The molecule has 1 aromatic heterocycles. The summed E-state index contributed by atoms with van der Waals surface area (Å²) in [6.07, 6.45) is 1.03. The number of ether oxygens (including phenoxy) is 1. The summed E-state index contributed by atoms with van der Waals surface area (Å²) >= 11 is 0. The highest BCUT2D eigenvalue weighted by Gasteiger charge is 2.12. The molecule has 0 bridgehead atoms. The fourth-order valence-electron chi connectivity index (χ4n) is 2.08. The second-order valence-corrected chi connectivity index (χ2v) is 4.70. The Balaban J connectivity index is 2.23. The minimum atomic E-state index is -0.116. The SMILES string of the molecule is CCCNC(COC)Cn1nnc2ccccc2c1=O. The van der Waals surface area contributed by atoms with Gasteiger partial charge in [0.25, 0.3) is 5.56 Å². The summed E-state index contributed by atoms with van der Waals surface area (Å²) in [5, 5.41) is 12.0. The molecule has 2 aromatic rings. The number of hydrogen-bond donors (Lipinski definition) is 1. The Morgan fingerprint density at radius 1 is 1.40 bits per heavy atom. The number of methoxy groups -OCH3 is 1. The Labute approximate surface area is 117 Å². The average molecular weight is 276 g/mol. The van der Waals surface area contributed by atoms with Crippen LogP contribution < -0.4 is 10.9 Å². The van der Waals surface area contributed by atoms with E-state index in [0.29, 0.717) is 24.1 Å². The van der Waals surface area contributed by atoms with Crippen LogP contribution >= 0.6 is 0 Å². The van der Waals surface area contributed by atoms with Crippen LogP contribution in [0.2, 0.25) is 0 Å². The average Bonchev–Trinajstić information content (AvgIpc) is 2.48. The zero-order valence-electron chi connectivity index (χ0n) is 11.9. The zero-order valence-corrected chi connectivity index (χ0v) is 11.9. The lowest BCUT2D eigenvalue weighted by Crippen LogP contribution is -2.41. The van der Waals surface area contributed by atoms with Crippen molar-refractivity contribution in [2.45, 2.75) is 25.9 Å². The van der Waals surface area contributed by atoms with Crippen LogP contribution in [0.15, 0.2) is 29.1 Å². The Morgan fingerprint density at radius 2 is 2.20 bits per heavy atom. The molecule has 20 heavy (non-hydrogen) atoms. The van der Waals surface area contributed by atoms with Crippen LogP contribution in [0.5, 0.6) is 0 Å². The minimum absolute atomic E-state index is 0.0492. The fourth-order valence-corrected chi connectivity index (χ4v) is 2.08. The van der Waals surface area contributed by atoms with Gasteiger partial charge in [0, 0.05) is 7.11 Å². The van der Waals surface area contributed by atoms with Gasteiger partial charge in [-0.05, 0) is 25.1 Å². The molecule has 1 unspecified atom stereocenters. The summed E-state index contributed by atoms with van der Waals surface area (Å²) in [7, 11) is 1.65. The highest BCUT2D eigenvalue weighted by molar-refractivity contribution is 5.76. The molecule has 0 spiro atoms. The Kier molecular flexibility index (Phi) is 5.20. The molecule has 0 aliphatic rings. The minimum Gasteiger partial charge on any atom is -0.383 e. The van der Waals surface area contributed by atoms with Gasteiger partial charge >= 0.3 is 0 Å². The second kappa shape index (κ2) is 7.12. The summed E-state index contributed by atoms with van der Waals surface area (Å²) in [6.45, 7) is 3.95. The first-order valence-electron chi connectivity index (χ1n) is 6.81. The number of benzene rings is 1. The van der Waals surface area contributed by atoms with E-state index in [0.717, 1.165) is 13.0 Å². The van der Waals surface area contributed by atoms with Crippen molar-refractivity contribution in [1.29, 1.82) is 0 Å². The maximum absolute atomic E-state index is 12.3. The molecule has 1 aromatic carbocycles. The highest BCUT2D eigenvalue weighted by atomic mass is 16.5. The van der Waals surface area contributed by atoms with Gasteiger partial charge in [-0.1, -0.05) is 24.3 Å². The van der Waals surface area contributed by atoms with Gasteiger partial charge in [-0.3, -0.25) is 4.79 Å². The van der Waals surface area contributed by atoms with Crippen LogP contribution in [0.3, 0.4) is 0 Å². The van der Waals surface area contributed by atoms with Crippen molar-refractivity contribution < 1.29 is 4.74 Å². The molecule has 0 radical (unpaired) electrons. The van der Waals surface area contributed by atoms with Crippen molar-refractivity contribution in [2.75, 3.05) is 20.3 Å². The molecule has 108 valence electrons. The standard InChI is InChI=1S/C14H20N4O2/c1-3-8-15-11(10-20-2)9-18-14(19)12-6-4-5-7-13(12)16-17-18/h4-7,11,15H,3,8-10H2,1-2H3. The molecule has 0 amide bonds. The highest BCUT2D eigenvalue weighted by Crippen LogP contribution is 2.03. The Bertz CT molecular complexity index is 611. The van der Waals surface area contributed by atoms with E-state index in [-0.39, 0.29) is 11.6 Å². The third kappa shape index (κ3) is 3.40. The predicted molar refractivity (Wildman–Crippen MR) is 77.8 cm³/mol. The molecule has 0 saturated carbocycles. The molecule has 0 saturated heterocycles. The molecule has 6 nitrogen and oxygen atoms in total. The largest absolute Gasteiger partial charge is 0.383 e. The quantitative estimate of drug-likeness (QED) is 0.810. The van der Waals surface area contributed by atoms with Gasteiger partial charge < -0.3 is 10.1 Å². The van der Waals surface area contributed by atoms with Crippen LogP contribution in [-0.4, -0.2) is 41.3 Å². The smallest absolute Gasteiger partial charge is 0.277 e. The van der Waals surface area contributed by atoms with Crippen molar-refractivity contribution in [3.63, 3.8) is 0 Å². The lowest BCUT2D eigenvalue weighted by molar-refractivity contribution is 0.155. The maximum Gasteiger partial charge on any atom is 0.277 e. The van der Waals surface area contributed by atoms with Crippen LogP contribution in [0.4, 0.5) is 0 Å². The van der Waals surface area contributed by atoms with Gasteiger partial charge in [0.15, 0.2) is 0 Å². The number of hydrogen-bond acceptors (Lipinski definition) is 5. The molecule has 0 aliphatic heterocycles. The van der Waals surface area contributed by atoms with Crippen LogP contribution in [0, 0.1) is 0 Å². The van der Waals surface area contributed by atoms with Crippen molar-refractivity contribution in [2.24, 2.45) is 0 Å². The van der Waals surface area contributed by atoms with Crippen LogP contribution in [0.25, 0.3) is 10.9 Å². The van der Waals surface area contributed by atoms with E-state index >= 15 is 0 Å². The molecule has 2 rings (SSSR count). The third-order valence-corrected chi connectivity index (χ3v) is 3.07. The molecule has 1 N–H and O–H groups in total. The summed E-state index contributed by atoms with van der Waals surface area (Å²) in [5.41, 5.74) is 0.508. The zero-order chi connectivity index (χ0) is 14.4. The van der Waals surface area contributed by atoms with E-state index in [9.17, 15) is 4.79 Å². The van der Waals surface area contributed by atoms with E-state index in [4.69, 9.17) is 4.74 Å². The molecule has 1 heterocycles. The van der Waals surface area contributed by atoms with Gasteiger partial charge in [0.2, 0.25) is 0 Å². The van der Waals surface area contributed by atoms with Crippen molar-refractivity contribution in [3.8, 4) is 0 Å². The molecule has 0 aliphatic carbocycles. The van der Waals surface area contributed by atoms with Gasteiger partial charge in [-0.15, -0.1) is 5.10 Å². The summed E-state index contributed by atoms with van der Waals surface area (Å²) < 4.78 is 6.57. The van der Waals surface area contributed by atoms with E-state index in [1.54, 1.807) is 19.2 Å². The van der Waals surface area contributed by atoms with E-state index < -0.39 is 0 Å². The number of nitrogens with zero attached hydrogens (tertiary/aromatic N) is 3. The fraction of sp³-hybridized carbons (Fsp3) is 0.500. The van der Waals surface area contributed by atoms with E-state index in [2.05, 4.69) is 22.6 Å². The Morgan fingerprint density at radius 3 is 2.95 bits per heavy atom. The third-order valence-electron chi connectivity index (χ3n) is 3.07. The van der Waals surface area contributed by atoms with Gasteiger partial charge in [-0.2, -0.15) is 0 Å². The van der Waals surface area contributed by atoms with Crippen LogP contribution in [0.1, 0.15) is 13.3 Å². The maximum atomic E-state index is 12.3. The summed E-state index contributed by atoms with van der Waals surface area (Å²) in [4.78, 5) is 12.3. The molecular weight excluding hydrogens is 256 g/mol. The summed E-state index contributed by atoms with van der Waals surface area (Å²) in [6, 6.07) is 7.28. The van der Waals surface area contributed by atoms with Crippen molar-refractivity contribution in [1.82, 2.24) is 20.3 Å². The normalized spacial score (nSPS) is 12.7. The Hall–Kier alpha value is -1.79. The monoisotopic (exact) mass is 276 g/mol. The first kappa shape index (κ1) is 14.6. The van der Waals surface area contributed by atoms with E-state index in [1.165, 1.54) is 4.68 Å². The topological polar surface area (TPSA) is 69.0 Å². The lowest BCUT2D eigenvalue weighted by atomic mass is 10.2. The number of aromatic nitrogens is 3. The van der Waals surface area contributed by atoms with Crippen molar-refractivity contribution in [3.05, 3.63) is 34.6 Å².